The van der Waals surface area contributed by atoms with Gasteiger partial charge in [-0.05, 0) is 57.8 Å². The normalized spacial score (nSPS) is 14.9. The molecule has 9 heteroatoms. The first-order chi connectivity index (χ1) is 24.0. The first kappa shape index (κ1) is 48.7. The van der Waals surface area contributed by atoms with Gasteiger partial charge in [0.1, 0.15) is 13.2 Å². The number of amides is 1. The van der Waals surface area contributed by atoms with Crippen LogP contribution in [-0.2, 0) is 18.4 Å². The number of aliphatic hydroxyl groups excluding tert-OH is 1. The second-order valence-electron chi connectivity index (χ2n) is 15.0. The van der Waals surface area contributed by atoms with E-state index in [1.54, 1.807) is 6.08 Å². The summed E-state index contributed by atoms with van der Waals surface area (Å²) in [5.74, 6) is -0.215. The molecule has 0 saturated carbocycles. The third kappa shape index (κ3) is 35.1. The topological polar surface area (TPSA) is 108 Å². The Morgan fingerprint density at radius 2 is 1.12 bits per heavy atom. The van der Waals surface area contributed by atoms with Crippen LogP contribution in [0.3, 0.4) is 0 Å². The molecule has 0 aliphatic heterocycles. The van der Waals surface area contributed by atoms with Crippen molar-refractivity contribution in [3.05, 3.63) is 36.5 Å². The average molecular weight is 727 g/mol. The lowest BCUT2D eigenvalue weighted by Crippen LogP contribution is -2.45. The molecule has 0 heterocycles. The number of quaternary nitrogens is 1. The van der Waals surface area contributed by atoms with Gasteiger partial charge in [-0.15, -0.1) is 0 Å². The molecule has 0 radical (unpaired) electrons. The third-order valence-electron chi connectivity index (χ3n) is 8.82. The summed E-state index contributed by atoms with van der Waals surface area (Å²) in [6.45, 7) is 4.57. The molecule has 0 fully saturated rings. The molecule has 50 heavy (non-hydrogen) atoms. The summed E-state index contributed by atoms with van der Waals surface area (Å²) in [5, 5.41) is 13.7. The lowest BCUT2D eigenvalue weighted by molar-refractivity contribution is -0.870. The number of hydrogen-bond acceptors (Lipinski definition) is 6. The first-order valence-electron chi connectivity index (χ1n) is 20.4. The van der Waals surface area contributed by atoms with Gasteiger partial charge in [0.05, 0.1) is 39.9 Å². The minimum absolute atomic E-state index is 0.00756. The van der Waals surface area contributed by atoms with Gasteiger partial charge in [0, 0.05) is 6.42 Å². The van der Waals surface area contributed by atoms with Crippen molar-refractivity contribution in [3.63, 3.8) is 0 Å². The smallest absolute Gasteiger partial charge is 0.268 e. The van der Waals surface area contributed by atoms with Gasteiger partial charge >= 0.3 is 0 Å². The van der Waals surface area contributed by atoms with Crippen LogP contribution in [-0.4, -0.2) is 68.5 Å². The molecular formula is C41H79N2O6P. The minimum Gasteiger partial charge on any atom is -0.756 e. The molecule has 2 N–H and O–H groups in total. The van der Waals surface area contributed by atoms with E-state index in [4.69, 9.17) is 9.05 Å². The lowest BCUT2D eigenvalue weighted by Gasteiger charge is -2.29. The van der Waals surface area contributed by atoms with Crippen LogP contribution in [0.5, 0.6) is 0 Å². The van der Waals surface area contributed by atoms with Crippen molar-refractivity contribution in [1.29, 1.82) is 0 Å². The maximum Gasteiger partial charge on any atom is 0.268 e. The van der Waals surface area contributed by atoms with Gasteiger partial charge in [-0.3, -0.25) is 9.36 Å². The van der Waals surface area contributed by atoms with Crippen LogP contribution < -0.4 is 10.2 Å². The van der Waals surface area contributed by atoms with Crippen molar-refractivity contribution < 1.29 is 32.9 Å². The Balaban J connectivity index is 4.48. The Labute approximate surface area is 308 Å². The van der Waals surface area contributed by atoms with E-state index in [-0.39, 0.29) is 12.5 Å². The van der Waals surface area contributed by atoms with Crippen LogP contribution in [0, 0.1) is 0 Å². The molecule has 0 bridgehead atoms. The van der Waals surface area contributed by atoms with Crippen molar-refractivity contribution in [2.45, 2.75) is 180 Å². The van der Waals surface area contributed by atoms with E-state index in [0.29, 0.717) is 17.4 Å². The summed E-state index contributed by atoms with van der Waals surface area (Å²) in [6, 6.07) is -0.901. The fraction of sp³-hybridized carbons (Fsp3) is 0.829. The number of nitrogens with zero attached hydrogens (tertiary/aromatic N) is 1. The average Bonchev–Trinajstić information content (AvgIpc) is 3.06. The number of carbonyl (C=O) groups excluding carboxylic acids is 1. The summed E-state index contributed by atoms with van der Waals surface area (Å²) in [7, 11) is 1.24. The van der Waals surface area contributed by atoms with E-state index in [1.807, 2.05) is 27.2 Å². The van der Waals surface area contributed by atoms with Crippen LogP contribution in [0.25, 0.3) is 0 Å². The molecule has 3 unspecified atom stereocenters. The number of rotatable bonds is 36. The summed E-state index contributed by atoms with van der Waals surface area (Å²) in [5.41, 5.74) is 0. The Kier molecular flexibility index (Phi) is 32.7. The van der Waals surface area contributed by atoms with E-state index >= 15 is 0 Å². The Hall–Kier alpha value is -1.28. The zero-order valence-electron chi connectivity index (χ0n) is 33.1. The fourth-order valence-electron chi connectivity index (χ4n) is 5.51. The Bertz CT molecular complexity index is 917. The van der Waals surface area contributed by atoms with E-state index < -0.39 is 26.6 Å². The van der Waals surface area contributed by atoms with E-state index in [9.17, 15) is 19.4 Å². The van der Waals surface area contributed by atoms with Gasteiger partial charge in [0.25, 0.3) is 7.82 Å². The van der Waals surface area contributed by atoms with Crippen LogP contribution >= 0.6 is 7.82 Å². The molecule has 1 amide bonds. The quantitative estimate of drug-likeness (QED) is 0.0288. The van der Waals surface area contributed by atoms with Crippen molar-refractivity contribution in [2.75, 3.05) is 40.9 Å². The molecule has 0 aliphatic rings. The molecule has 0 spiro atoms. The number of carbonyl (C=O) groups is 1. The fourth-order valence-corrected chi connectivity index (χ4v) is 6.24. The minimum atomic E-state index is -4.59. The number of allylic oxidation sites excluding steroid dienone is 5. The molecule has 3 atom stereocenters. The SMILES string of the molecule is CCCCCCC/C=C/CC/C=C/C(O)C(COP(=O)([O-])OCC[N+](C)(C)C)NC(=O)CCCCCCCCC/C=C\CCCCCCCC. The highest BCUT2D eigenvalue weighted by Gasteiger charge is 2.23. The van der Waals surface area contributed by atoms with Gasteiger partial charge in [0.15, 0.2) is 0 Å². The lowest BCUT2D eigenvalue weighted by atomic mass is 10.1. The van der Waals surface area contributed by atoms with E-state index in [2.05, 4.69) is 43.5 Å². The van der Waals surface area contributed by atoms with Crippen LogP contribution in [0.2, 0.25) is 0 Å². The van der Waals surface area contributed by atoms with Crippen molar-refractivity contribution in [3.8, 4) is 0 Å². The highest BCUT2D eigenvalue weighted by molar-refractivity contribution is 7.45. The highest BCUT2D eigenvalue weighted by Crippen LogP contribution is 2.38. The molecule has 0 aromatic rings. The van der Waals surface area contributed by atoms with Crippen molar-refractivity contribution in [2.24, 2.45) is 0 Å². The highest BCUT2D eigenvalue weighted by atomic mass is 31.2. The molecule has 0 aliphatic carbocycles. The number of unbranched alkanes of at least 4 members (excludes halogenated alkanes) is 19. The zero-order valence-corrected chi connectivity index (χ0v) is 34.0. The van der Waals surface area contributed by atoms with Gasteiger partial charge in [-0.25, -0.2) is 0 Å². The van der Waals surface area contributed by atoms with Gasteiger partial charge in [-0.1, -0.05) is 140 Å². The largest absolute Gasteiger partial charge is 0.756 e. The van der Waals surface area contributed by atoms with Crippen molar-refractivity contribution in [1.82, 2.24) is 5.32 Å². The van der Waals surface area contributed by atoms with E-state index in [0.717, 1.165) is 38.5 Å². The second kappa shape index (κ2) is 33.5. The number of phosphoric acid groups is 1. The summed E-state index contributed by atoms with van der Waals surface area (Å²) in [6.07, 6.45) is 39.0. The van der Waals surface area contributed by atoms with E-state index in [1.165, 1.54) is 109 Å². The van der Waals surface area contributed by atoms with Gasteiger partial charge in [-0.2, -0.15) is 0 Å². The third-order valence-corrected chi connectivity index (χ3v) is 9.79. The monoisotopic (exact) mass is 727 g/mol. The summed E-state index contributed by atoms with van der Waals surface area (Å²) in [4.78, 5) is 25.2. The number of hydrogen-bond donors (Lipinski definition) is 2. The number of likely N-dealkylation sites (N-methyl/N-ethyl adjacent to an activating group) is 1. The van der Waals surface area contributed by atoms with Crippen LogP contribution in [0.4, 0.5) is 0 Å². The summed E-state index contributed by atoms with van der Waals surface area (Å²) < 4.78 is 23.1. The molecule has 294 valence electrons. The standard InChI is InChI=1S/C41H79N2O6P/c1-6-8-10-12-14-16-18-19-20-21-22-23-25-27-29-31-33-35-41(45)42-39(38-49-50(46,47)48-37-36-43(3,4)5)40(44)34-32-30-28-26-24-17-15-13-11-9-7-2/h19-20,24,26,32,34,39-40,44H,6-18,21-23,25,27-31,33,35-38H2,1-5H3,(H-,42,45,46,47)/b20-19-,26-24+,34-32+. The van der Waals surface area contributed by atoms with Crippen LogP contribution in [0.15, 0.2) is 36.5 Å². The number of aliphatic hydroxyl groups is 1. The van der Waals surface area contributed by atoms with Crippen LogP contribution in [0.1, 0.15) is 168 Å². The number of phosphoric ester groups is 1. The molecule has 0 aromatic heterocycles. The summed E-state index contributed by atoms with van der Waals surface area (Å²) >= 11 is 0. The predicted molar refractivity (Wildman–Crippen MR) is 210 cm³/mol. The maximum atomic E-state index is 12.8. The predicted octanol–water partition coefficient (Wildman–Crippen LogP) is 10.1. The maximum absolute atomic E-state index is 12.8. The number of nitrogens with one attached hydrogen (secondary N) is 1. The zero-order chi connectivity index (χ0) is 37.2. The Morgan fingerprint density at radius 3 is 1.62 bits per heavy atom. The van der Waals surface area contributed by atoms with Crippen molar-refractivity contribution >= 4 is 13.7 Å². The molecule has 8 nitrogen and oxygen atoms in total. The molecule has 0 rings (SSSR count). The van der Waals surface area contributed by atoms with Gasteiger partial charge < -0.3 is 28.8 Å². The molecule has 0 aromatic carbocycles. The Morgan fingerprint density at radius 1 is 0.680 bits per heavy atom. The van der Waals surface area contributed by atoms with Gasteiger partial charge in [0.2, 0.25) is 5.91 Å². The molecular weight excluding hydrogens is 647 g/mol. The first-order valence-corrected chi connectivity index (χ1v) is 21.8. The second-order valence-corrected chi connectivity index (χ2v) is 16.4. The molecule has 0 saturated heterocycles.